The van der Waals surface area contributed by atoms with Crippen LogP contribution in [0.25, 0.3) is 6.08 Å². The predicted molar refractivity (Wildman–Crippen MR) is 140 cm³/mol. The highest BCUT2D eigenvalue weighted by Crippen LogP contribution is 2.33. The molecule has 0 bridgehead atoms. The Bertz CT molecular complexity index is 1200. The molecule has 2 heterocycles. The molecule has 0 radical (unpaired) electrons. The van der Waals surface area contributed by atoms with Gasteiger partial charge in [0.1, 0.15) is 0 Å². The third kappa shape index (κ3) is 5.13. The van der Waals surface area contributed by atoms with Gasteiger partial charge in [-0.05, 0) is 62.0 Å². The highest BCUT2D eigenvalue weighted by molar-refractivity contribution is 5.95. The van der Waals surface area contributed by atoms with E-state index in [1.807, 2.05) is 42.8 Å². The second-order valence-electron chi connectivity index (χ2n) is 9.78. The molecule has 2 aliphatic carbocycles. The Kier molecular flexibility index (Phi) is 6.91. The highest BCUT2D eigenvalue weighted by Gasteiger charge is 2.23. The first-order valence-electron chi connectivity index (χ1n) is 12.9. The summed E-state index contributed by atoms with van der Waals surface area (Å²) in [6.45, 7) is 5.48. The van der Waals surface area contributed by atoms with Gasteiger partial charge in [-0.1, -0.05) is 31.1 Å². The maximum absolute atomic E-state index is 13.3. The van der Waals surface area contributed by atoms with Gasteiger partial charge in [0.25, 0.3) is 11.5 Å². The Labute approximate surface area is 207 Å². The molecule has 2 fully saturated rings. The van der Waals surface area contributed by atoms with E-state index in [0.29, 0.717) is 31.7 Å². The lowest BCUT2D eigenvalue weighted by molar-refractivity contribution is 0.0840. The molecule has 1 aromatic carbocycles. The summed E-state index contributed by atoms with van der Waals surface area (Å²) in [7, 11) is 1.82. The van der Waals surface area contributed by atoms with Crippen molar-refractivity contribution in [3.8, 4) is 0 Å². The summed E-state index contributed by atoms with van der Waals surface area (Å²) in [5.74, 6) is 0.884. The van der Waals surface area contributed by atoms with Crippen LogP contribution in [0.15, 0.2) is 53.0 Å². The minimum absolute atomic E-state index is 0.00653. The van der Waals surface area contributed by atoms with Crippen LogP contribution < -0.4 is 10.5 Å². The molecule has 0 N–H and O–H groups in total. The summed E-state index contributed by atoms with van der Waals surface area (Å²) in [6, 6.07) is 9.83. The van der Waals surface area contributed by atoms with Crippen molar-refractivity contribution in [3.63, 3.8) is 0 Å². The van der Waals surface area contributed by atoms with Crippen molar-refractivity contribution < 1.29 is 9.53 Å². The van der Waals surface area contributed by atoms with Crippen molar-refractivity contribution in [2.75, 3.05) is 38.3 Å². The molecule has 1 amide bonds. The molecule has 0 atom stereocenters. The number of rotatable bonds is 7. The van der Waals surface area contributed by atoms with E-state index in [4.69, 9.17) is 4.74 Å². The average Bonchev–Trinajstić information content (AvgIpc) is 3.74. The number of nitrogens with zero attached hydrogens (tertiary/aromatic N) is 3. The van der Waals surface area contributed by atoms with Crippen molar-refractivity contribution in [1.82, 2.24) is 9.47 Å². The van der Waals surface area contributed by atoms with E-state index in [2.05, 4.69) is 23.1 Å². The lowest BCUT2D eigenvalue weighted by Crippen LogP contribution is -2.38. The molecule has 184 valence electrons. The summed E-state index contributed by atoms with van der Waals surface area (Å²) in [5, 5.41) is 0. The minimum Gasteiger partial charge on any atom is -0.378 e. The molecule has 2 aromatic rings. The Morgan fingerprint density at radius 2 is 1.86 bits per heavy atom. The first-order valence-corrected chi connectivity index (χ1v) is 12.9. The third-order valence-corrected chi connectivity index (χ3v) is 7.46. The lowest BCUT2D eigenvalue weighted by atomic mass is 10.0. The third-order valence-electron chi connectivity index (χ3n) is 7.46. The van der Waals surface area contributed by atoms with Gasteiger partial charge in [0, 0.05) is 61.0 Å². The Hall–Kier alpha value is -3.12. The van der Waals surface area contributed by atoms with E-state index in [-0.39, 0.29) is 11.5 Å². The number of allylic oxidation sites excluding steroid dienone is 2. The molecule has 35 heavy (non-hydrogen) atoms. The molecular formula is C29H35N3O3. The summed E-state index contributed by atoms with van der Waals surface area (Å²) in [4.78, 5) is 30.2. The number of morpholine rings is 1. The summed E-state index contributed by atoms with van der Waals surface area (Å²) in [6.07, 6.45) is 11.8. The average molecular weight is 474 g/mol. The second-order valence-corrected chi connectivity index (χ2v) is 9.78. The van der Waals surface area contributed by atoms with Crippen LogP contribution >= 0.6 is 0 Å². The molecule has 3 aliphatic rings. The molecule has 0 unspecified atom stereocenters. The number of carbonyl (C=O) groups excluding carboxylic acids is 1. The van der Waals surface area contributed by atoms with E-state index in [0.717, 1.165) is 48.1 Å². The van der Waals surface area contributed by atoms with Crippen molar-refractivity contribution in [1.29, 1.82) is 0 Å². The second kappa shape index (κ2) is 10.2. The quantitative estimate of drug-likeness (QED) is 0.603. The number of hydrogen-bond acceptors (Lipinski definition) is 4. The van der Waals surface area contributed by atoms with Crippen molar-refractivity contribution in [3.05, 3.63) is 80.9 Å². The first-order chi connectivity index (χ1) is 17.0. The van der Waals surface area contributed by atoms with Crippen LogP contribution in [0.3, 0.4) is 0 Å². The molecule has 0 spiro atoms. The zero-order chi connectivity index (χ0) is 24.4. The van der Waals surface area contributed by atoms with Crippen LogP contribution in [-0.2, 0) is 24.1 Å². The Morgan fingerprint density at radius 1 is 1.11 bits per heavy atom. The van der Waals surface area contributed by atoms with E-state index >= 15 is 0 Å². The largest absolute Gasteiger partial charge is 0.378 e. The van der Waals surface area contributed by atoms with Gasteiger partial charge in [0.05, 0.1) is 13.2 Å². The fourth-order valence-corrected chi connectivity index (χ4v) is 5.10. The zero-order valence-electron chi connectivity index (χ0n) is 20.8. The van der Waals surface area contributed by atoms with E-state index in [1.54, 1.807) is 11.0 Å². The van der Waals surface area contributed by atoms with Gasteiger partial charge in [-0.3, -0.25) is 9.59 Å². The molecule has 6 heteroatoms. The van der Waals surface area contributed by atoms with E-state index in [1.165, 1.54) is 24.8 Å². The fraction of sp³-hybridized carbons (Fsp3) is 0.448. The molecule has 1 aromatic heterocycles. The summed E-state index contributed by atoms with van der Waals surface area (Å²) < 4.78 is 7.34. The maximum Gasteiger partial charge on any atom is 0.257 e. The van der Waals surface area contributed by atoms with Gasteiger partial charge >= 0.3 is 0 Å². The van der Waals surface area contributed by atoms with Crippen molar-refractivity contribution in [2.24, 2.45) is 5.92 Å². The van der Waals surface area contributed by atoms with E-state index < -0.39 is 0 Å². The minimum atomic E-state index is -0.0260. The highest BCUT2D eigenvalue weighted by atomic mass is 16.5. The lowest BCUT2D eigenvalue weighted by Gasteiger charge is -2.31. The number of aryl methyl sites for hydroxylation is 1. The molecule has 5 rings (SSSR count). The number of carbonyl (C=O) groups is 1. The number of fused-ring (bicyclic) bond motifs is 1. The first kappa shape index (κ1) is 23.6. The normalized spacial score (nSPS) is 17.5. The number of benzene rings is 1. The van der Waals surface area contributed by atoms with Gasteiger partial charge < -0.3 is 19.1 Å². The van der Waals surface area contributed by atoms with Crippen molar-refractivity contribution >= 4 is 17.7 Å². The molecular weight excluding hydrogens is 438 g/mol. The fourth-order valence-electron chi connectivity index (χ4n) is 5.10. The summed E-state index contributed by atoms with van der Waals surface area (Å²) in [5.41, 5.74) is 5.87. The van der Waals surface area contributed by atoms with E-state index in [9.17, 15) is 9.59 Å². The van der Waals surface area contributed by atoms with Gasteiger partial charge in [-0.2, -0.15) is 0 Å². The van der Waals surface area contributed by atoms with Crippen molar-refractivity contribution in [2.45, 2.75) is 45.6 Å². The number of anilines is 1. The van der Waals surface area contributed by atoms with Gasteiger partial charge in [-0.15, -0.1) is 0 Å². The van der Waals surface area contributed by atoms with Crippen LogP contribution in [0.2, 0.25) is 0 Å². The Morgan fingerprint density at radius 3 is 2.54 bits per heavy atom. The van der Waals surface area contributed by atoms with Gasteiger partial charge in [0.15, 0.2) is 0 Å². The van der Waals surface area contributed by atoms with Gasteiger partial charge in [0.2, 0.25) is 0 Å². The summed E-state index contributed by atoms with van der Waals surface area (Å²) >= 11 is 0. The van der Waals surface area contributed by atoms with Crippen LogP contribution in [0, 0.1) is 5.92 Å². The number of likely N-dealkylation sites (N-methyl/N-ethyl adjacent to an activating group) is 1. The smallest absolute Gasteiger partial charge is 0.257 e. The number of amides is 1. The number of hydrogen-bond donors (Lipinski definition) is 0. The standard InChI is InChI=1S/C29H35N3O3/c1-3-32-26-15-13-24(12-14-25(26)27(20-28(32)33)31-16-18-35-19-17-31)30(2)29(34)23-10-8-22(9-11-23)7-6-21-4-5-21/h8-13,15,20-21H,3-7,14,16-19H2,1-2H3. The van der Waals surface area contributed by atoms with Crippen LogP contribution in [0.4, 0.5) is 5.69 Å². The molecule has 1 saturated carbocycles. The topological polar surface area (TPSA) is 54.8 Å². The maximum atomic E-state index is 13.3. The van der Waals surface area contributed by atoms with Gasteiger partial charge in [-0.25, -0.2) is 0 Å². The molecule has 1 aliphatic heterocycles. The number of aromatic nitrogens is 1. The monoisotopic (exact) mass is 473 g/mol. The predicted octanol–water partition coefficient (Wildman–Crippen LogP) is 4.27. The molecule has 6 nitrogen and oxygen atoms in total. The Balaban J connectivity index is 1.38. The molecule has 1 saturated heterocycles. The SMILES string of the molecule is CCn1c2c(c(N3CCOCC3)cc1=O)CC=C(N(C)C(=O)c1ccc(CCC3CC3)cc1)C=C2. The number of ether oxygens (including phenoxy) is 1. The van der Waals surface area contributed by atoms with Crippen LogP contribution in [0.1, 0.15) is 53.4 Å². The van der Waals surface area contributed by atoms with Crippen LogP contribution in [-0.4, -0.2) is 48.7 Å². The zero-order valence-corrected chi connectivity index (χ0v) is 20.8. The number of pyridine rings is 1. The van der Waals surface area contributed by atoms with Crippen LogP contribution in [0.5, 0.6) is 0 Å².